The summed E-state index contributed by atoms with van der Waals surface area (Å²) in [5.74, 6) is -1.96. The molecule has 4 nitrogen and oxygen atoms in total. The zero-order valence-corrected chi connectivity index (χ0v) is 11.9. The van der Waals surface area contributed by atoms with Crippen LogP contribution in [-0.2, 0) is 9.59 Å². The van der Waals surface area contributed by atoms with Gasteiger partial charge in [0.1, 0.15) is 0 Å². The van der Waals surface area contributed by atoms with E-state index < -0.39 is 23.2 Å². The highest BCUT2D eigenvalue weighted by atomic mass is 16.4. The zero-order valence-electron chi connectivity index (χ0n) is 11.9. The van der Waals surface area contributed by atoms with E-state index in [2.05, 4.69) is 6.58 Å². The lowest BCUT2D eigenvalue weighted by molar-refractivity contribution is -0.143. The molecular formula is C14H23NO3. The summed E-state index contributed by atoms with van der Waals surface area (Å²) in [6, 6.07) is 0. The van der Waals surface area contributed by atoms with Gasteiger partial charge in [0.05, 0.1) is 11.8 Å². The number of carboxylic acids is 1. The summed E-state index contributed by atoms with van der Waals surface area (Å²) in [5.41, 5.74) is -0.777. The van der Waals surface area contributed by atoms with Crippen molar-refractivity contribution in [2.24, 2.45) is 17.3 Å². The molecule has 1 aliphatic rings. The van der Waals surface area contributed by atoms with Gasteiger partial charge in [-0.2, -0.15) is 0 Å². The number of rotatable bonds is 4. The molecule has 4 heteroatoms. The van der Waals surface area contributed by atoms with Crippen molar-refractivity contribution in [3.8, 4) is 0 Å². The summed E-state index contributed by atoms with van der Waals surface area (Å²) >= 11 is 0. The van der Waals surface area contributed by atoms with Crippen molar-refractivity contribution in [3.63, 3.8) is 0 Å². The summed E-state index contributed by atoms with van der Waals surface area (Å²) < 4.78 is 0. The van der Waals surface area contributed by atoms with E-state index in [0.717, 1.165) is 0 Å². The van der Waals surface area contributed by atoms with Crippen molar-refractivity contribution >= 4 is 11.9 Å². The Balaban J connectivity index is 2.93. The van der Waals surface area contributed by atoms with E-state index in [0.29, 0.717) is 6.54 Å². The number of carbonyl (C=O) groups is 2. The number of nitrogens with zero attached hydrogens (tertiary/aromatic N) is 1. The number of carbonyl (C=O) groups excluding carboxylic acids is 1. The quantitative estimate of drug-likeness (QED) is 0.781. The highest BCUT2D eigenvalue weighted by Crippen LogP contribution is 2.59. The molecule has 0 spiro atoms. The fourth-order valence-corrected chi connectivity index (χ4v) is 2.55. The van der Waals surface area contributed by atoms with Crippen molar-refractivity contribution in [1.82, 2.24) is 4.90 Å². The number of hydrogen-bond acceptors (Lipinski definition) is 2. The van der Waals surface area contributed by atoms with Gasteiger partial charge >= 0.3 is 5.97 Å². The molecule has 0 aliphatic heterocycles. The van der Waals surface area contributed by atoms with Gasteiger partial charge in [-0.3, -0.25) is 9.59 Å². The molecule has 0 bridgehead atoms. The molecule has 1 saturated carbocycles. The van der Waals surface area contributed by atoms with Crippen LogP contribution in [0.15, 0.2) is 12.7 Å². The molecule has 0 aromatic heterocycles. The number of aliphatic carboxylic acids is 1. The number of hydrogen-bond donors (Lipinski definition) is 1. The molecule has 2 atom stereocenters. The summed E-state index contributed by atoms with van der Waals surface area (Å²) in [6.07, 6.45) is 1.67. The molecule has 0 heterocycles. The molecule has 0 aromatic carbocycles. The van der Waals surface area contributed by atoms with Gasteiger partial charge in [-0.05, 0) is 26.2 Å². The highest BCUT2D eigenvalue weighted by Gasteiger charge is 2.66. The Morgan fingerprint density at radius 3 is 2.11 bits per heavy atom. The average Bonchev–Trinajstić information content (AvgIpc) is 2.75. The maximum Gasteiger partial charge on any atom is 0.307 e. The van der Waals surface area contributed by atoms with E-state index in [4.69, 9.17) is 5.11 Å². The second kappa shape index (κ2) is 4.41. The Morgan fingerprint density at radius 1 is 1.33 bits per heavy atom. The zero-order chi connectivity index (χ0) is 14.3. The van der Waals surface area contributed by atoms with Crippen LogP contribution in [0.3, 0.4) is 0 Å². The monoisotopic (exact) mass is 253 g/mol. The first-order chi connectivity index (χ1) is 8.05. The minimum Gasteiger partial charge on any atom is -0.481 e. The van der Waals surface area contributed by atoms with Crippen LogP contribution in [0, 0.1) is 17.3 Å². The molecule has 1 amide bonds. The van der Waals surface area contributed by atoms with E-state index in [9.17, 15) is 9.59 Å². The highest BCUT2D eigenvalue weighted by molar-refractivity contribution is 5.92. The van der Waals surface area contributed by atoms with Crippen LogP contribution in [0.25, 0.3) is 0 Å². The van der Waals surface area contributed by atoms with E-state index in [-0.39, 0.29) is 11.4 Å². The molecule has 0 saturated heterocycles. The third kappa shape index (κ3) is 2.42. The first-order valence-corrected chi connectivity index (χ1v) is 6.20. The Labute approximate surface area is 109 Å². The average molecular weight is 253 g/mol. The first-order valence-electron chi connectivity index (χ1n) is 6.20. The van der Waals surface area contributed by atoms with Gasteiger partial charge in [0.2, 0.25) is 5.91 Å². The van der Waals surface area contributed by atoms with Crippen LogP contribution in [0.5, 0.6) is 0 Å². The van der Waals surface area contributed by atoms with Crippen molar-refractivity contribution in [3.05, 3.63) is 12.7 Å². The van der Waals surface area contributed by atoms with Crippen molar-refractivity contribution < 1.29 is 14.7 Å². The lowest BCUT2D eigenvalue weighted by Crippen LogP contribution is -2.47. The van der Waals surface area contributed by atoms with E-state index in [1.165, 1.54) is 0 Å². The maximum atomic E-state index is 12.5. The SMILES string of the molecule is C=CCN(C(=O)C1C(C(=O)O)C1(C)C)C(C)(C)C. The van der Waals surface area contributed by atoms with Gasteiger partial charge in [0.25, 0.3) is 0 Å². The molecule has 1 rings (SSSR count). The summed E-state index contributed by atoms with van der Waals surface area (Å²) in [6.45, 7) is 13.6. The van der Waals surface area contributed by atoms with Crippen molar-refractivity contribution in [2.75, 3.05) is 6.54 Å². The molecule has 0 radical (unpaired) electrons. The first kappa shape index (κ1) is 14.7. The Bertz CT molecular complexity index is 379. The van der Waals surface area contributed by atoms with Crippen molar-refractivity contribution in [1.29, 1.82) is 0 Å². The van der Waals surface area contributed by atoms with Crippen LogP contribution in [0.1, 0.15) is 34.6 Å². The second-order valence-corrected chi connectivity index (χ2v) is 6.52. The predicted molar refractivity (Wildman–Crippen MR) is 70.1 cm³/mol. The molecule has 0 aromatic rings. The van der Waals surface area contributed by atoms with E-state index in [1.54, 1.807) is 11.0 Å². The summed E-state index contributed by atoms with van der Waals surface area (Å²) in [4.78, 5) is 25.3. The van der Waals surface area contributed by atoms with Gasteiger partial charge in [-0.1, -0.05) is 19.9 Å². The van der Waals surface area contributed by atoms with Gasteiger partial charge in [-0.15, -0.1) is 6.58 Å². The van der Waals surface area contributed by atoms with Crippen LogP contribution < -0.4 is 0 Å². The molecule has 18 heavy (non-hydrogen) atoms. The maximum absolute atomic E-state index is 12.5. The van der Waals surface area contributed by atoms with Gasteiger partial charge in [-0.25, -0.2) is 0 Å². The summed E-state index contributed by atoms with van der Waals surface area (Å²) in [5, 5.41) is 9.13. The fraction of sp³-hybridized carbons (Fsp3) is 0.714. The standard InChI is InChI=1S/C14H23NO3/c1-7-8-15(13(2,3)4)11(16)9-10(12(17)18)14(9,5)6/h7,9-10H,1,8H2,2-6H3,(H,17,18). The van der Waals surface area contributed by atoms with Gasteiger partial charge in [0.15, 0.2) is 0 Å². The van der Waals surface area contributed by atoms with Crippen LogP contribution in [0.2, 0.25) is 0 Å². The predicted octanol–water partition coefficient (Wildman–Crippen LogP) is 2.16. The molecule has 1 fully saturated rings. The second-order valence-electron chi connectivity index (χ2n) is 6.52. The Kier molecular flexibility index (Phi) is 3.61. The van der Waals surface area contributed by atoms with Crippen LogP contribution in [-0.4, -0.2) is 34.0 Å². The minimum atomic E-state index is -0.884. The molecular weight excluding hydrogens is 230 g/mol. The normalized spacial score (nSPS) is 25.4. The van der Waals surface area contributed by atoms with Gasteiger partial charge in [0, 0.05) is 12.1 Å². The lowest BCUT2D eigenvalue weighted by atomic mass is 10.0. The topological polar surface area (TPSA) is 57.6 Å². The van der Waals surface area contributed by atoms with Crippen LogP contribution >= 0.6 is 0 Å². The molecule has 102 valence electrons. The molecule has 2 unspecified atom stereocenters. The smallest absolute Gasteiger partial charge is 0.307 e. The number of carboxylic acid groups (broad SMARTS) is 1. The summed E-state index contributed by atoms with van der Waals surface area (Å²) in [7, 11) is 0. The largest absolute Gasteiger partial charge is 0.481 e. The minimum absolute atomic E-state index is 0.0835. The third-order valence-electron chi connectivity index (χ3n) is 3.75. The van der Waals surface area contributed by atoms with E-state index in [1.807, 2.05) is 34.6 Å². The van der Waals surface area contributed by atoms with E-state index >= 15 is 0 Å². The molecule has 1 aliphatic carbocycles. The lowest BCUT2D eigenvalue weighted by Gasteiger charge is -2.35. The van der Waals surface area contributed by atoms with Gasteiger partial charge < -0.3 is 10.0 Å². The molecule has 1 N–H and O–H groups in total. The third-order valence-corrected chi connectivity index (χ3v) is 3.75. The Morgan fingerprint density at radius 2 is 1.83 bits per heavy atom. The fourth-order valence-electron chi connectivity index (χ4n) is 2.55. The van der Waals surface area contributed by atoms with Crippen LogP contribution in [0.4, 0.5) is 0 Å². The van der Waals surface area contributed by atoms with Crippen molar-refractivity contribution in [2.45, 2.75) is 40.2 Å². The Hall–Kier alpha value is -1.32. The number of amides is 1.